The van der Waals surface area contributed by atoms with E-state index in [0.717, 1.165) is 4.57 Å². The highest BCUT2D eigenvalue weighted by atomic mass is 16.4. The van der Waals surface area contributed by atoms with Crippen LogP contribution in [0.5, 0.6) is 0 Å². The summed E-state index contributed by atoms with van der Waals surface area (Å²) in [5, 5.41) is 11.3. The topological polar surface area (TPSA) is 114 Å². The van der Waals surface area contributed by atoms with Crippen molar-refractivity contribution in [3.63, 3.8) is 0 Å². The van der Waals surface area contributed by atoms with Crippen LogP contribution in [0.2, 0.25) is 0 Å². The third-order valence-corrected chi connectivity index (χ3v) is 2.36. The van der Waals surface area contributed by atoms with Crippen LogP contribution in [-0.2, 0) is 11.3 Å². The number of carboxylic acids is 1. The Labute approximate surface area is 112 Å². The van der Waals surface area contributed by atoms with E-state index in [1.807, 2.05) is 0 Å². The summed E-state index contributed by atoms with van der Waals surface area (Å²) >= 11 is 0. The van der Waals surface area contributed by atoms with E-state index in [9.17, 15) is 14.4 Å². The first-order chi connectivity index (χ1) is 9.56. The highest BCUT2D eigenvalue weighted by Crippen LogP contribution is 2.07. The second kappa shape index (κ2) is 5.74. The van der Waals surface area contributed by atoms with Gasteiger partial charge in [-0.2, -0.15) is 0 Å². The van der Waals surface area contributed by atoms with Gasteiger partial charge in [0.15, 0.2) is 0 Å². The van der Waals surface area contributed by atoms with Gasteiger partial charge < -0.3 is 10.4 Å². The molecule has 102 valence electrons. The van der Waals surface area contributed by atoms with Gasteiger partial charge in [0.25, 0.3) is 0 Å². The van der Waals surface area contributed by atoms with Crippen molar-refractivity contribution in [1.82, 2.24) is 14.5 Å². The summed E-state index contributed by atoms with van der Waals surface area (Å²) in [7, 11) is 0. The normalized spacial score (nSPS) is 10.0. The molecule has 0 spiro atoms. The summed E-state index contributed by atoms with van der Waals surface area (Å²) < 4.78 is 1.13. The summed E-state index contributed by atoms with van der Waals surface area (Å²) in [5.74, 6) is -1.66. The van der Waals surface area contributed by atoms with Crippen molar-refractivity contribution in [2.75, 3.05) is 5.32 Å². The summed E-state index contributed by atoms with van der Waals surface area (Å²) in [6.45, 7) is -0.211. The van der Waals surface area contributed by atoms with E-state index < -0.39 is 17.6 Å². The van der Waals surface area contributed by atoms with Crippen LogP contribution in [0.15, 0.2) is 41.6 Å². The van der Waals surface area contributed by atoms with Crippen LogP contribution in [0.4, 0.5) is 5.69 Å². The minimum Gasteiger partial charge on any atom is -0.477 e. The average molecular weight is 274 g/mol. The Morgan fingerprint density at radius 3 is 2.80 bits per heavy atom. The molecule has 0 bridgehead atoms. The van der Waals surface area contributed by atoms with E-state index in [1.165, 1.54) is 36.8 Å². The lowest BCUT2D eigenvalue weighted by Crippen LogP contribution is -2.28. The molecule has 2 aromatic heterocycles. The second-order valence-electron chi connectivity index (χ2n) is 3.81. The molecule has 2 N–H and O–H groups in total. The second-order valence-corrected chi connectivity index (χ2v) is 3.81. The van der Waals surface area contributed by atoms with Gasteiger partial charge in [-0.05, 0) is 18.2 Å². The zero-order chi connectivity index (χ0) is 14.5. The molecule has 0 aliphatic rings. The summed E-state index contributed by atoms with van der Waals surface area (Å²) in [5.41, 5.74) is -0.427. The van der Waals surface area contributed by atoms with Crippen molar-refractivity contribution >= 4 is 17.6 Å². The van der Waals surface area contributed by atoms with Crippen molar-refractivity contribution in [3.8, 4) is 0 Å². The smallest absolute Gasteiger partial charge is 0.354 e. The molecule has 0 saturated carbocycles. The van der Waals surface area contributed by atoms with Crippen LogP contribution in [0.3, 0.4) is 0 Å². The molecule has 0 aromatic carbocycles. The third-order valence-electron chi connectivity index (χ3n) is 2.36. The SMILES string of the molecule is O=C(Cn1cccnc1=O)Nc1ccnc(C(=O)O)c1. The minimum atomic E-state index is -1.19. The predicted octanol–water partition coefficient (Wildman–Crippen LogP) is -0.0248. The van der Waals surface area contributed by atoms with Gasteiger partial charge in [0, 0.05) is 24.3 Å². The Balaban J connectivity index is 2.09. The van der Waals surface area contributed by atoms with Crippen molar-refractivity contribution in [1.29, 1.82) is 0 Å². The van der Waals surface area contributed by atoms with E-state index in [4.69, 9.17) is 5.11 Å². The Morgan fingerprint density at radius 1 is 1.30 bits per heavy atom. The predicted molar refractivity (Wildman–Crippen MR) is 68.3 cm³/mol. The van der Waals surface area contributed by atoms with Crippen LogP contribution in [0, 0.1) is 0 Å². The minimum absolute atomic E-state index is 0.179. The molecule has 0 radical (unpaired) electrons. The van der Waals surface area contributed by atoms with E-state index in [-0.39, 0.29) is 12.2 Å². The lowest BCUT2D eigenvalue weighted by atomic mass is 10.3. The fourth-order valence-electron chi connectivity index (χ4n) is 1.49. The van der Waals surface area contributed by atoms with Gasteiger partial charge in [-0.3, -0.25) is 9.36 Å². The lowest BCUT2D eigenvalue weighted by Gasteiger charge is -2.06. The monoisotopic (exact) mass is 274 g/mol. The Kier molecular flexibility index (Phi) is 3.85. The van der Waals surface area contributed by atoms with Crippen LogP contribution >= 0.6 is 0 Å². The fourth-order valence-corrected chi connectivity index (χ4v) is 1.49. The largest absolute Gasteiger partial charge is 0.477 e. The molecule has 0 unspecified atom stereocenters. The summed E-state index contributed by atoms with van der Waals surface area (Å²) in [4.78, 5) is 41.0. The molecule has 1 amide bonds. The van der Waals surface area contributed by atoms with Crippen molar-refractivity contribution < 1.29 is 14.7 Å². The van der Waals surface area contributed by atoms with Crippen molar-refractivity contribution in [2.45, 2.75) is 6.54 Å². The van der Waals surface area contributed by atoms with Crippen LogP contribution in [-0.4, -0.2) is 31.5 Å². The summed E-state index contributed by atoms with van der Waals surface area (Å²) in [6, 6.07) is 4.21. The number of hydrogen-bond donors (Lipinski definition) is 2. The first-order valence-electron chi connectivity index (χ1n) is 5.57. The number of rotatable bonds is 4. The Bertz CT molecular complexity index is 710. The molecule has 0 aliphatic carbocycles. The maximum absolute atomic E-state index is 11.7. The Hall–Kier alpha value is -3.03. The highest BCUT2D eigenvalue weighted by Gasteiger charge is 2.08. The van der Waals surface area contributed by atoms with Crippen LogP contribution in [0.1, 0.15) is 10.5 Å². The van der Waals surface area contributed by atoms with Crippen LogP contribution in [0.25, 0.3) is 0 Å². The maximum Gasteiger partial charge on any atom is 0.354 e. The molecule has 20 heavy (non-hydrogen) atoms. The number of carboxylic acid groups (broad SMARTS) is 1. The molecular weight excluding hydrogens is 264 g/mol. The molecule has 8 heteroatoms. The molecule has 8 nitrogen and oxygen atoms in total. The fraction of sp³-hybridized carbons (Fsp3) is 0.0833. The first kappa shape index (κ1) is 13.4. The molecule has 2 aromatic rings. The number of carbonyl (C=O) groups excluding carboxylic acids is 1. The van der Waals surface area contributed by atoms with Gasteiger partial charge in [0.1, 0.15) is 12.2 Å². The molecule has 0 atom stereocenters. The zero-order valence-corrected chi connectivity index (χ0v) is 10.2. The standard InChI is InChI=1S/C12H10N4O4/c17-10(7-16-5-1-3-14-12(16)20)15-8-2-4-13-9(6-8)11(18)19/h1-6H,7H2,(H,18,19)(H,13,15,17). The van der Waals surface area contributed by atoms with Gasteiger partial charge >= 0.3 is 11.7 Å². The van der Waals surface area contributed by atoms with Gasteiger partial charge in [-0.25, -0.2) is 19.6 Å². The number of nitrogens with zero attached hydrogens (tertiary/aromatic N) is 3. The van der Waals surface area contributed by atoms with Crippen LogP contribution < -0.4 is 11.0 Å². The lowest BCUT2D eigenvalue weighted by molar-refractivity contribution is -0.116. The number of carbonyl (C=O) groups is 2. The molecule has 0 saturated heterocycles. The number of anilines is 1. The van der Waals surface area contributed by atoms with Gasteiger partial charge in [0.05, 0.1) is 0 Å². The van der Waals surface area contributed by atoms with Crippen molar-refractivity contribution in [2.24, 2.45) is 0 Å². The van der Waals surface area contributed by atoms with Gasteiger partial charge in [0.2, 0.25) is 5.91 Å². The highest BCUT2D eigenvalue weighted by molar-refractivity contribution is 5.92. The average Bonchev–Trinajstić information content (AvgIpc) is 2.41. The number of aromatic nitrogens is 3. The quantitative estimate of drug-likeness (QED) is 0.809. The number of aromatic carboxylic acids is 1. The first-order valence-corrected chi connectivity index (χ1v) is 5.57. The number of hydrogen-bond acceptors (Lipinski definition) is 5. The van der Waals surface area contributed by atoms with E-state index in [1.54, 1.807) is 0 Å². The molecule has 0 aliphatic heterocycles. The Morgan fingerprint density at radius 2 is 2.10 bits per heavy atom. The molecule has 2 rings (SSSR count). The summed E-state index contributed by atoms with van der Waals surface area (Å²) in [6.07, 6.45) is 4.04. The van der Waals surface area contributed by atoms with Gasteiger partial charge in [-0.1, -0.05) is 0 Å². The number of nitrogens with one attached hydrogen (secondary N) is 1. The molecule has 2 heterocycles. The number of pyridine rings is 1. The van der Waals surface area contributed by atoms with E-state index in [0.29, 0.717) is 5.69 Å². The van der Waals surface area contributed by atoms with Gasteiger partial charge in [-0.15, -0.1) is 0 Å². The molecule has 0 fully saturated rings. The number of amides is 1. The maximum atomic E-state index is 11.7. The molecular formula is C12H10N4O4. The van der Waals surface area contributed by atoms with E-state index in [2.05, 4.69) is 15.3 Å². The zero-order valence-electron chi connectivity index (χ0n) is 10.2. The third kappa shape index (κ3) is 3.25. The van der Waals surface area contributed by atoms with E-state index >= 15 is 0 Å². The van der Waals surface area contributed by atoms with Crippen molar-refractivity contribution in [3.05, 3.63) is 53.0 Å².